The van der Waals surface area contributed by atoms with Gasteiger partial charge in [-0.2, -0.15) is 21.2 Å². The van der Waals surface area contributed by atoms with Gasteiger partial charge in [-0.05, 0) is 24.3 Å². The molecule has 2 N–H and O–H groups in total. The van der Waals surface area contributed by atoms with Crippen molar-refractivity contribution in [2.75, 3.05) is 28.4 Å². The molecule has 0 aliphatic rings. The molecule has 9 heteroatoms. The van der Waals surface area contributed by atoms with Crippen LogP contribution in [0.3, 0.4) is 0 Å². The maximum Gasteiger partial charge on any atom is 0.159 e. The van der Waals surface area contributed by atoms with Crippen molar-refractivity contribution < 1.29 is 38.4 Å². The van der Waals surface area contributed by atoms with E-state index in [1.54, 1.807) is 24.3 Å². The summed E-state index contributed by atoms with van der Waals surface area (Å²) in [5.41, 5.74) is 15.4. The van der Waals surface area contributed by atoms with Crippen LogP contribution in [0, 0.1) is 0 Å². The van der Waals surface area contributed by atoms with E-state index in [-0.39, 0.29) is 30.9 Å². The minimum absolute atomic E-state index is 0. The summed E-state index contributed by atoms with van der Waals surface area (Å²) in [5.74, 6) is 2.21. The predicted molar refractivity (Wildman–Crippen MR) is 98.3 cm³/mol. The zero-order chi connectivity index (χ0) is 18.3. The first kappa shape index (κ1) is 23.3. The third-order valence-electron chi connectivity index (χ3n) is 2.97. The van der Waals surface area contributed by atoms with Crippen LogP contribution in [0.15, 0.2) is 34.1 Å². The van der Waals surface area contributed by atoms with E-state index in [0.29, 0.717) is 32.8 Å². The van der Waals surface area contributed by atoms with E-state index in [1.165, 1.54) is 28.4 Å². The molecule has 0 unspecified atom stereocenters. The van der Waals surface area contributed by atoms with Crippen molar-refractivity contribution in [3.8, 4) is 23.0 Å². The second-order valence-electron chi connectivity index (χ2n) is 4.41. The van der Waals surface area contributed by atoms with Gasteiger partial charge in [0.25, 0.3) is 0 Å². The van der Waals surface area contributed by atoms with Gasteiger partial charge in [0.15, 0.2) is 23.0 Å². The van der Waals surface area contributed by atoms with E-state index in [4.69, 9.17) is 55.7 Å². The first-order valence-electron chi connectivity index (χ1n) is 6.67. The Bertz CT molecular complexity index is 585. The summed E-state index contributed by atoms with van der Waals surface area (Å²) < 4.78 is 20.0. The van der Waals surface area contributed by atoms with Crippen LogP contribution in [0.5, 0.6) is 23.0 Å². The predicted octanol–water partition coefficient (Wildman–Crippen LogP) is 4.58. The third-order valence-corrected chi connectivity index (χ3v) is 3.65. The molecule has 6 nitrogen and oxygen atoms in total. The van der Waals surface area contributed by atoms with E-state index < -0.39 is 0 Å². The van der Waals surface area contributed by atoms with E-state index >= 15 is 0 Å². The summed E-state index contributed by atoms with van der Waals surface area (Å²) >= 11 is 9.78. The van der Waals surface area contributed by atoms with Gasteiger partial charge in [0.2, 0.25) is 0 Å². The van der Waals surface area contributed by atoms with Crippen LogP contribution in [0.25, 0.3) is 11.5 Å². The largest absolute Gasteiger partial charge is 0.781 e. The molecule has 0 fully saturated rings. The van der Waals surface area contributed by atoms with Crippen molar-refractivity contribution in [2.24, 2.45) is 0 Å². The summed E-state index contributed by atoms with van der Waals surface area (Å²) in [5, 5.41) is 0. The van der Waals surface area contributed by atoms with E-state index in [0.717, 1.165) is 0 Å². The maximum absolute atomic E-state index is 7.40. The number of methoxy groups -OCH3 is 4. The Balaban J connectivity index is 0.000000443. The number of benzene rings is 2. The van der Waals surface area contributed by atoms with Crippen molar-refractivity contribution in [3.63, 3.8) is 0 Å². The van der Waals surface area contributed by atoms with E-state index in [2.05, 4.69) is 0 Å². The molecule has 0 aliphatic heterocycles. The molecule has 25 heavy (non-hydrogen) atoms. The minimum Gasteiger partial charge on any atom is -0.781 e. The first-order valence-corrected chi connectivity index (χ1v) is 7.48. The minimum atomic E-state index is 0. The van der Waals surface area contributed by atoms with Gasteiger partial charge in [-0.1, -0.05) is 0 Å². The standard InChI is InChI=1S/2C8H10NO2S.Zn/c2*1-10-6-3-5(9)8(12)4-7(6)11-2;/h2*3-4,9,12H,1-2H3;/q2*-1;/p-2. The molecule has 0 bridgehead atoms. The topological polar surface area (TPSA) is 84.5 Å². The summed E-state index contributed by atoms with van der Waals surface area (Å²) in [7, 11) is 6.13. The van der Waals surface area contributed by atoms with Crippen LogP contribution < -0.4 is 18.9 Å². The molecule has 0 amide bonds. The van der Waals surface area contributed by atoms with Gasteiger partial charge in [0.1, 0.15) is 0 Å². The van der Waals surface area contributed by atoms with Crippen LogP contribution >= 0.6 is 0 Å². The molecule has 0 atom stereocenters. The second-order valence-corrected chi connectivity index (χ2v) is 5.29. The van der Waals surface area contributed by atoms with Gasteiger partial charge in [-0.25, -0.2) is 0 Å². The molecular weight excluding hydrogens is 414 g/mol. The maximum atomic E-state index is 7.40. The summed E-state index contributed by atoms with van der Waals surface area (Å²) in [4.78, 5) is 0.931. The number of ether oxygens (including phenoxy) is 4. The van der Waals surface area contributed by atoms with Gasteiger partial charge in [0, 0.05) is 19.5 Å². The molecule has 134 valence electrons. The zero-order valence-electron chi connectivity index (χ0n) is 14.5. The molecule has 2 aromatic carbocycles. The van der Waals surface area contributed by atoms with Crippen LogP contribution in [0.4, 0.5) is 11.4 Å². The van der Waals surface area contributed by atoms with Crippen LogP contribution in [0.2, 0.25) is 0 Å². The number of nitrogens with one attached hydrogen (secondary N) is 2. The molecule has 0 radical (unpaired) electrons. The number of rotatable bonds is 4. The molecule has 0 aromatic heterocycles. The monoisotopic (exact) mass is 430 g/mol. The summed E-state index contributed by atoms with van der Waals surface area (Å²) in [6.07, 6.45) is 0. The van der Waals surface area contributed by atoms with E-state index in [9.17, 15) is 0 Å². The van der Waals surface area contributed by atoms with Gasteiger partial charge in [0.05, 0.1) is 28.4 Å². The summed E-state index contributed by atoms with van der Waals surface area (Å²) in [6, 6.07) is 6.30. The SMILES string of the molecule is COc1cc([NH-])c([S-])cc1OC.COc1cc([NH-])c([S-])cc1OC.[Zn]. The zero-order valence-corrected chi connectivity index (χ0v) is 19.1. The first-order chi connectivity index (χ1) is 11.4. The Morgan fingerprint density at radius 2 is 0.840 bits per heavy atom. The Labute approximate surface area is 171 Å². The van der Waals surface area contributed by atoms with E-state index in [1.807, 2.05) is 0 Å². The van der Waals surface area contributed by atoms with Crippen molar-refractivity contribution in [2.45, 2.75) is 9.79 Å². The quantitative estimate of drug-likeness (QED) is 0.520. The van der Waals surface area contributed by atoms with Crippen LogP contribution in [0.1, 0.15) is 0 Å². The number of hydrogen-bond donors (Lipinski definition) is 0. The Morgan fingerprint density at radius 3 is 1.08 bits per heavy atom. The second kappa shape index (κ2) is 11.0. The van der Waals surface area contributed by atoms with Gasteiger partial charge in [-0.3, -0.25) is 0 Å². The summed E-state index contributed by atoms with van der Waals surface area (Å²) in [6.45, 7) is 0. The average Bonchev–Trinajstić information content (AvgIpc) is 2.59. The third kappa shape index (κ3) is 6.27. The molecule has 2 rings (SSSR count). The van der Waals surface area contributed by atoms with Crippen molar-refractivity contribution in [1.29, 1.82) is 0 Å². The average molecular weight is 432 g/mol. The van der Waals surface area contributed by atoms with Crippen molar-refractivity contribution in [3.05, 3.63) is 35.7 Å². The molecule has 0 saturated carbocycles. The van der Waals surface area contributed by atoms with Gasteiger partial charge in [-0.15, -0.1) is 0 Å². The Hall–Kier alpha value is -1.70. The molecular formula is C16H18N2O4S2Zn-4. The molecule has 2 aromatic rings. The number of hydrogen-bond acceptors (Lipinski definition) is 6. The molecule has 0 spiro atoms. The molecule has 0 saturated heterocycles. The van der Waals surface area contributed by atoms with Gasteiger partial charge >= 0.3 is 0 Å². The molecule has 0 heterocycles. The fourth-order valence-electron chi connectivity index (χ4n) is 1.72. The van der Waals surface area contributed by atoms with Crippen molar-refractivity contribution >= 4 is 36.6 Å². The fraction of sp³-hybridized carbons (Fsp3) is 0.250. The smallest absolute Gasteiger partial charge is 0.159 e. The van der Waals surface area contributed by atoms with Crippen LogP contribution in [-0.4, -0.2) is 28.4 Å². The Kier molecular flexibility index (Phi) is 10.3. The van der Waals surface area contributed by atoms with Crippen LogP contribution in [-0.2, 0) is 44.7 Å². The fourth-order valence-corrected chi connectivity index (χ4v) is 2.05. The Morgan fingerprint density at radius 1 is 0.600 bits per heavy atom. The molecule has 0 aliphatic carbocycles. The van der Waals surface area contributed by atoms with Gasteiger partial charge < -0.3 is 55.7 Å². The normalized spacial score (nSPS) is 9.12. The van der Waals surface area contributed by atoms with Crippen molar-refractivity contribution in [1.82, 2.24) is 0 Å².